The largest absolute Gasteiger partial charge is 0.398 e. The summed E-state index contributed by atoms with van der Waals surface area (Å²) >= 11 is 0. The Morgan fingerprint density at radius 2 is 2.08 bits per heavy atom. The maximum Gasteiger partial charge on any atom is 0.0484 e. The highest BCUT2D eigenvalue weighted by Crippen LogP contribution is 2.24. The lowest BCUT2D eigenvalue weighted by Crippen LogP contribution is -1.93. The van der Waals surface area contributed by atoms with Crippen molar-refractivity contribution in [1.82, 2.24) is 4.57 Å². The summed E-state index contributed by atoms with van der Waals surface area (Å²) in [5.41, 5.74) is 9.16. The van der Waals surface area contributed by atoms with Crippen molar-refractivity contribution >= 4 is 16.6 Å². The zero-order chi connectivity index (χ0) is 9.42. The van der Waals surface area contributed by atoms with Crippen molar-refractivity contribution in [3.8, 4) is 0 Å². The molecular weight excluding hydrogens is 160 g/mol. The van der Waals surface area contributed by atoms with E-state index in [0.29, 0.717) is 0 Å². The predicted molar refractivity (Wildman–Crippen MR) is 56.8 cm³/mol. The Kier molecular flexibility index (Phi) is 1.76. The summed E-state index contributed by atoms with van der Waals surface area (Å²) in [5.74, 6) is 0. The van der Waals surface area contributed by atoms with Gasteiger partial charge >= 0.3 is 0 Å². The molecule has 13 heavy (non-hydrogen) atoms. The molecule has 0 aliphatic carbocycles. The summed E-state index contributed by atoms with van der Waals surface area (Å²) in [6.45, 7) is 5.22. The Morgan fingerprint density at radius 3 is 2.77 bits per heavy atom. The van der Waals surface area contributed by atoms with Gasteiger partial charge in [-0.05, 0) is 37.6 Å². The van der Waals surface area contributed by atoms with E-state index < -0.39 is 0 Å². The van der Waals surface area contributed by atoms with Crippen LogP contribution in [0, 0.1) is 6.92 Å². The SMILES string of the molecule is CCn1ccc2c(C)c(N)ccc21. The molecule has 0 bridgehead atoms. The van der Waals surface area contributed by atoms with Crippen molar-refractivity contribution in [2.75, 3.05) is 5.73 Å². The van der Waals surface area contributed by atoms with Crippen LogP contribution in [0.5, 0.6) is 0 Å². The molecule has 2 rings (SSSR count). The van der Waals surface area contributed by atoms with Crippen molar-refractivity contribution in [3.63, 3.8) is 0 Å². The second kappa shape index (κ2) is 2.80. The summed E-state index contributed by atoms with van der Waals surface area (Å²) < 4.78 is 2.22. The number of aryl methyl sites for hydroxylation is 2. The third-order valence-corrected chi connectivity index (χ3v) is 2.60. The number of hydrogen-bond donors (Lipinski definition) is 1. The number of nitrogen functional groups attached to an aromatic ring is 1. The monoisotopic (exact) mass is 174 g/mol. The van der Waals surface area contributed by atoms with E-state index in [1.165, 1.54) is 16.5 Å². The Morgan fingerprint density at radius 1 is 1.31 bits per heavy atom. The molecule has 1 aromatic carbocycles. The molecule has 0 unspecified atom stereocenters. The van der Waals surface area contributed by atoms with Crippen molar-refractivity contribution in [3.05, 3.63) is 30.0 Å². The average molecular weight is 174 g/mol. The van der Waals surface area contributed by atoms with Crippen molar-refractivity contribution in [1.29, 1.82) is 0 Å². The summed E-state index contributed by atoms with van der Waals surface area (Å²) in [7, 11) is 0. The maximum atomic E-state index is 5.83. The average Bonchev–Trinajstić information content (AvgIpc) is 2.55. The van der Waals surface area contributed by atoms with Crippen LogP contribution in [-0.2, 0) is 6.54 Å². The Balaban J connectivity index is 2.81. The lowest BCUT2D eigenvalue weighted by atomic mass is 10.1. The van der Waals surface area contributed by atoms with Crippen LogP contribution in [-0.4, -0.2) is 4.57 Å². The minimum absolute atomic E-state index is 0.876. The summed E-state index contributed by atoms with van der Waals surface area (Å²) in [5, 5.41) is 1.27. The van der Waals surface area contributed by atoms with Crippen LogP contribution < -0.4 is 5.73 Å². The molecule has 68 valence electrons. The van der Waals surface area contributed by atoms with Gasteiger partial charge in [0.15, 0.2) is 0 Å². The van der Waals surface area contributed by atoms with Crippen LogP contribution in [0.1, 0.15) is 12.5 Å². The molecule has 2 heteroatoms. The highest BCUT2D eigenvalue weighted by Gasteiger charge is 2.03. The predicted octanol–water partition coefficient (Wildman–Crippen LogP) is 2.55. The Hall–Kier alpha value is -1.44. The molecule has 0 aliphatic heterocycles. The first-order valence-electron chi connectivity index (χ1n) is 4.58. The first kappa shape index (κ1) is 8.17. The molecule has 0 atom stereocenters. The zero-order valence-corrected chi connectivity index (χ0v) is 8.04. The minimum Gasteiger partial charge on any atom is -0.398 e. The molecule has 0 radical (unpaired) electrons. The van der Waals surface area contributed by atoms with Gasteiger partial charge in [0.05, 0.1) is 0 Å². The molecule has 2 nitrogen and oxygen atoms in total. The van der Waals surface area contributed by atoms with Crippen LogP contribution in [0.3, 0.4) is 0 Å². The third-order valence-electron chi connectivity index (χ3n) is 2.60. The minimum atomic E-state index is 0.876. The maximum absolute atomic E-state index is 5.83. The van der Waals surface area contributed by atoms with E-state index in [1.807, 2.05) is 6.07 Å². The van der Waals surface area contributed by atoms with Gasteiger partial charge in [-0.15, -0.1) is 0 Å². The Labute approximate surface area is 78.0 Å². The number of aromatic nitrogens is 1. The van der Waals surface area contributed by atoms with Gasteiger partial charge in [-0.2, -0.15) is 0 Å². The van der Waals surface area contributed by atoms with Crippen molar-refractivity contribution in [2.45, 2.75) is 20.4 Å². The first-order chi connectivity index (χ1) is 6.24. The fourth-order valence-electron chi connectivity index (χ4n) is 1.71. The van der Waals surface area contributed by atoms with E-state index in [9.17, 15) is 0 Å². The van der Waals surface area contributed by atoms with Gasteiger partial charge in [0, 0.05) is 29.3 Å². The van der Waals surface area contributed by atoms with Crippen molar-refractivity contribution in [2.24, 2.45) is 0 Å². The molecule has 0 aliphatic rings. The van der Waals surface area contributed by atoms with Crippen LogP contribution in [0.2, 0.25) is 0 Å². The second-order valence-corrected chi connectivity index (χ2v) is 3.31. The van der Waals surface area contributed by atoms with E-state index in [4.69, 9.17) is 5.73 Å². The summed E-state index contributed by atoms with van der Waals surface area (Å²) in [4.78, 5) is 0. The van der Waals surface area contributed by atoms with Gasteiger partial charge in [0.1, 0.15) is 0 Å². The number of rotatable bonds is 1. The molecule has 0 saturated heterocycles. The van der Waals surface area contributed by atoms with E-state index >= 15 is 0 Å². The number of fused-ring (bicyclic) bond motifs is 1. The third kappa shape index (κ3) is 1.10. The lowest BCUT2D eigenvalue weighted by Gasteiger charge is -2.04. The van der Waals surface area contributed by atoms with Gasteiger partial charge in [-0.1, -0.05) is 0 Å². The number of nitrogens with zero attached hydrogens (tertiary/aromatic N) is 1. The second-order valence-electron chi connectivity index (χ2n) is 3.31. The fourth-order valence-corrected chi connectivity index (χ4v) is 1.71. The molecular formula is C11H14N2. The topological polar surface area (TPSA) is 30.9 Å². The quantitative estimate of drug-likeness (QED) is 0.662. The molecule has 0 spiro atoms. The molecule has 2 aromatic rings. The smallest absolute Gasteiger partial charge is 0.0484 e. The molecule has 1 heterocycles. The molecule has 0 amide bonds. The highest BCUT2D eigenvalue weighted by atomic mass is 14.9. The Bertz CT molecular complexity index is 441. The fraction of sp³-hybridized carbons (Fsp3) is 0.273. The van der Waals surface area contributed by atoms with Gasteiger partial charge in [-0.3, -0.25) is 0 Å². The molecule has 2 N–H and O–H groups in total. The van der Waals surface area contributed by atoms with E-state index in [2.05, 4.69) is 36.7 Å². The van der Waals surface area contributed by atoms with E-state index in [0.717, 1.165) is 12.2 Å². The first-order valence-corrected chi connectivity index (χ1v) is 4.58. The standard InChI is InChI=1S/C11H14N2/c1-3-13-7-6-9-8(2)10(12)4-5-11(9)13/h4-7H,3,12H2,1-2H3. The number of nitrogens with two attached hydrogens (primary N) is 1. The van der Waals surface area contributed by atoms with Crippen LogP contribution >= 0.6 is 0 Å². The van der Waals surface area contributed by atoms with Gasteiger partial charge in [0.2, 0.25) is 0 Å². The van der Waals surface area contributed by atoms with E-state index in [1.54, 1.807) is 0 Å². The van der Waals surface area contributed by atoms with Crippen LogP contribution in [0.15, 0.2) is 24.4 Å². The van der Waals surface area contributed by atoms with Gasteiger partial charge in [-0.25, -0.2) is 0 Å². The summed E-state index contributed by atoms with van der Waals surface area (Å²) in [6.07, 6.45) is 2.11. The zero-order valence-electron chi connectivity index (χ0n) is 8.04. The van der Waals surface area contributed by atoms with Crippen LogP contribution in [0.25, 0.3) is 10.9 Å². The van der Waals surface area contributed by atoms with Gasteiger partial charge in [0.25, 0.3) is 0 Å². The van der Waals surface area contributed by atoms with E-state index in [-0.39, 0.29) is 0 Å². The van der Waals surface area contributed by atoms with Crippen LogP contribution in [0.4, 0.5) is 5.69 Å². The van der Waals surface area contributed by atoms with Crippen molar-refractivity contribution < 1.29 is 0 Å². The lowest BCUT2D eigenvalue weighted by molar-refractivity contribution is 0.797. The number of anilines is 1. The molecule has 0 fully saturated rings. The number of benzene rings is 1. The molecule has 0 saturated carbocycles. The van der Waals surface area contributed by atoms with Gasteiger partial charge < -0.3 is 10.3 Å². The highest BCUT2D eigenvalue weighted by molar-refractivity contribution is 5.87. The molecule has 1 aromatic heterocycles. The number of hydrogen-bond acceptors (Lipinski definition) is 1. The normalized spacial score (nSPS) is 10.9. The summed E-state index contributed by atoms with van der Waals surface area (Å²) in [6, 6.07) is 6.19.